The molecule has 3 rings (SSSR count). The number of benzene rings is 2. The topological polar surface area (TPSA) is 141 Å². The number of nitrogens with zero attached hydrogens (tertiary/aromatic N) is 2. The lowest BCUT2D eigenvalue weighted by Gasteiger charge is -2.15. The number of carbonyl (C=O) groups is 1. The lowest BCUT2D eigenvalue weighted by Crippen LogP contribution is -2.34. The van der Waals surface area contributed by atoms with E-state index in [1.165, 1.54) is 44.6 Å². The molecule has 0 bridgehead atoms. The Morgan fingerprint density at radius 2 is 1.76 bits per heavy atom. The molecule has 1 aromatic heterocycles. The van der Waals surface area contributed by atoms with Crippen LogP contribution in [-0.4, -0.2) is 50.2 Å². The Bertz CT molecular complexity index is 1400. The van der Waals surface area contributed by atoms with Crippen molar-refractivity contribution in [3.63, 3.8) is 0 Å². The van der Waals surface area contributed by atoms with Gasteiger partial charge in [0.15, 0.2) is 10.9 Å². The highest BCUT2D eigenvalue weighted by molar-refractivity contribution is 9.10. The Hall–Kier alpha value is -3.49. The molecule has 14 heteroatoms. The van der Waals surface area contributed by atoms with Crippen LogP contribution in [0.3, 0.4) is 0 Å². The van der Waals surface area contributed by atoms with Crippen molar-refractivity contribution < 1.29 is 27.4 Å². The highest BCUT2D eigenvalue weighted by Gasteiger charge is 2.18. The molecule has 1 amide bonds. The first-order chi connectivity index (χ1) is 18.0. The average Bonchev–Trinajstić information content (AvgIpc) is 2.87. The maximum absolute atomic E-state index is 12.9. The van der Waals surface area contributed by atoms with Crippen molar-refractivity contribution in [3.05, 3.63) is 58.6 Å². The van der Waals surface area contributed by atoms with Crippen molar-refractivity contribution in [1.29, 1.82) is 0 Å². The number of nitrogens with one attached hydrogen (secondary N) is 3. The van der Waals surface area contributed by atoms with Crippen LogP contribution in [0.25, 0.3) is 0 Å². The molecule has 0 aliphatic heterocycles. The van der Waals surface area contributed by atoms with E-state index >= 15 is 0 Å². The summed E-state index contributed by atoms with van der Waals surface area (Å²) < 4.78 is 44.5. The fourth-order valence-electron chi connectivity index (χ4n) is 2.96. The largest absolute Gasteiger partial charge is 0.492 e. The van der Waals surface area contributed by atoms with Gasteiger partial charge in [0, 0.05) is 16.2 Å². The molecule has 0 spiro atoms. The number of rotatable bonds is 10. The molecule has 0 saturated heterocycles. The summed E-state index contributed by atoms with van der Waals surface area (Å²) in [6.45, 7) is 4.47. The summed E-state index contributed by atoms with van der Waals surface area (Å²) in [6.07, 6.45) is 0. The van der Waals surface area contributed by atoms with Crippen LogP contribution in [0.4, 0.5) is 11.5 Å². The zero-order chi connectivity index (χ0) is 27.9. The molecule has 3 N–H and O–H groups in total. The van der Waals surface area contributed by atoms with E-state index in [1.807, 2.05) is 13.8 Å². The summed E-state index contributed by atoms with van der Waals surface area (Å²) in [4.78, 5) is 20.7. The van der Waals surface area contributed by atoms with Crippen LogP contribution in [-0.2, 0) is 10.0 Å². The Kier molecular flexibility index (Phi) is 9.83. The van der Waals surface area contributed by atoms with Gasteiger partial charge in [0.25, 0.3) is 15.9 Å². The fourth-order valence-corrected chi connectivity index (χ4v) is 4.52. The van der Waals surface area contributed by atoms with Crippen LogP contribution < -0.4 is 29.6 Å². The normalized spacial score (nSPS) is 11.0. The lowest BCUT2D eigenvalue weighted by molar-refractivity contribution is 0.0973. The molecule has 0 aliphatic carbocycles. The number of thiocarbonyl (C=S) groups is 1. The van der Waals surface area contributed by atoms with E-state index in [-0.39, 0.29) is 33.6 Å². The SMILES string of the molecule is COc1cc(NS(=O)(=O)c2ccc(NC(=S)NC(=O)c3cc(Br)ccc3OCC(C)C)cc2)nc(OC)n1. The molecule has 2 aromatic carbocycles. The second kappa shape index (κ2) is 12.8. The fraction of sp³-hybridized carbons (Fsp3) is 0.250. The van der Waals surface area contributed by atoms with E-state index in [9.17, 15) is 13.2 Å². The van der Waals surface area contributed by atoms with E-state index in [2.05, 4.69) is 41.3 Å². The van der Waals surface area contributed by atoms with Crippen molar-refractivity contribution in [3.8, 4) is 17.6 Å². The number of halogens is 1. The molecular weight excluding hydrogens is 598 g/mol. The van der Waals surface area contributed by atoms with Crippen LogP contribution >= 0.6 is 28.1 Å². The van der Waals surface area contributed by atoms with E-state index in [0.29, 0.717) is 28.1 Å². The molecule has 0 atom stereocenters. The molecule has 0 radical (unpaired) electrons. The zero-order valence-electron chi connectivity index (χ0n) is 20.9. The lowest BCUT2D eigenvalue weighted by atomic mass is 10.2. The van der Waals surface area contributed by atoms with Gasteiger partial charge in [-0.25, -0.2) is 8.42 Å². The number of anilines is 2. The van der Waals surface area contributed by atoms with Crippen molar-refractivity contribution in [2.45, 2.75) is 18.7 Å². The van der Waals surface area contributed by atoms with Crippen molar-refractivity contribution >= 4 is 60.7 Å². The first-order valence-electron chi connectivity index (χ1n) is 11.2. The molecule has 38 heavy (non-hydrogen) atoms. The number of aromatic nitrogens is 2. The van der Waals surface area contributed by atoms with Crippen LogP contribution in [0.1, 0.15) is 24.2 Å². The van der Waals surface area contributed by atoms with Crippen molar-refractivity contribution in [2.75, 3.05) is 30.9 Å². The minimum atomic E-state index is -3.98. The third-order valence-electron chi connectivity index (χ3n) is 4.72. The van der Waals surface area contributed by atoms with Gasteiger partial charge in [-0.3, -0.25) is 14.8 Å². The van der Waals surface area contributed by atoms with Gasteiger partial charge >= 0.3 is 6.01 Å². The molecule has 0 saturated carbocycles. The number of sulfonamides is 1. The van der Waals surface area contributed by atoms with E-state index in [4.69, 9.17) is 26.4 Å². The summed E-state index contributed by atoms with van der Waals surface area (Å²) in [7, 11) is -1.25. The predicted octanol–water partition coefficient (Wildman–Crippen LogP) is 4.22. The van der Waals surface area contributed by atoms with Gasteiger partial charge in [0.1, 0.15) is 5.75 Å². The molecular formula is C24H26BrN5O6S2. The standard InChI is InChI=1S/C24H26BrN5O6S2/c1-14(2)13-36-19-10-5-15(25)11-18(19)22(31)29-24(37)26-16-6-8-17(9-7-16)38(32,33)30-20-12-21(34-3)28-23(27-20)35-4/h5-12,14H,13H2,1-4H3,(H,27,28,30)(H2,26,29,31,37). The number of amides is 1. The Labute approximate surface area is 234 Å². The predicted molar refractivity (Wildman–Crippen MR) is 151 cm³/mol. The number of hydrogen-bond acceptors (Lipinski definition) is 9. The second-order valence-electron chi connectivity index (χ2n) is 8.17. The van der Waals surface area contributed by atoms with E-state index in [1.54, 1.807) is 18.2 Å². The first kappa shape index (κ1) is 29.1. The molecule has 0 fully saturated rings. The van der Waals surface area contributed by atoms with Crippen LogP contribution in [0.15, 0.2) is 57.9 Å². The van der Waals surface area contributed by atoms with Gasteiger partial charge in [-0.05, 0) is 60.6 Å². The van der Waals surface area contributed by atoms with Crippen LogP contribution in [0.5, 0.6) is 17.6 Å². The monoisotopic (exact) mass is 623 g/mol. The number of methoxy groups -OCH3 is 2. The summed E-state index contributed by atoms with van der Waals surface area (Å²) >= 11 is 8.64. The summed E-state index contributed by atoms with van der Waals surface area (Å²) in [6, 6.07) is 12.1. The third kappa shape index (κ3) is 8.00. The minimum Gasteiger partial charge on any atom is -0.492 e. The second-order valence-corrected chi connectivity index (χ2v) is 11.2. The highest BCUT2D eigenvalue weighted by atomic mass is 79.9. The van der Waals surface area contributed by atoms with Gasteiger partial charge in [0.2, 0.25) is 5.88 Å². The molecule has 1 heterocycles. The molecule has 11 nitrogen and oxygen atoms in total. The van der Waals surface area contributed by atoms with Gasteiger partial charge < -0.3 is 19.5 Å². The smallest absolute Gasteiger partial charge is 0.321 e. The highest BCUT2D eigenvalue weighted by Crippen LogP contribution is 2.24. The van der Waals surface area contributed by atoms with Crippen LogP contribution in [0, 0.1) is 5.92 Å². The summed E-state index contributed by atoms with van der Waals surface area (Å²) in [5, 5.41) is 5.50. The Balaban J connectivity index is 1.67. The Morgan fingerprint density at radius 1 is 1.05 bits per heavy atom. The quantitative estimate of drug-likeness (QED) is 0.281. The van der Waals surface area contributed by atoms with Gasteiger partial charge in [-0.15, -0.1) is 0 Å². The average molecular weight is 625 g/mol. The van der Waals surface area contributed by atoms with Gasteiger partial charge in [-0.1, -0.05) is 29.8 Å². The number of hydrogen-bond donors (Lipinski definition) is 3. The summed E-state index contributed by atoms with van der Waals surface area (Å²) in [5.74, 6) is 0.367. The number of ether oxygens (including phenoxy) is 3. The van der Waals surface area contributed by atoms with E-state index < -0.39 is 15.9 Å². The molecule has 0 unspecified atom stereocenters. The number of carbonyl (C=O) groups excluding carboxylic acids is 1. The maximum atomic E-state index is 12.9. The Morgan fingerprint density at radius 3 is 2.39 bits per heavy atom. The van der Waals surface area contributed by atoms with E-state index in [0.717, 1.165) is 0 Å². The van der Waals surface area contributed by atoms with Crippen molar-refractivity contribution in [2.24, 2.45) is 5.92 Å². The van der Waals surface area contributed by atoms with Crippen LogP contribution in [0.2, 0.25) is 0 Å². The third-order valence-corrected chi connectivity index (χ3v) is 6.79. The van der Waals surface area contributed by atoms with Gasteiger partial charge in [-0.2, -0.15) is 9.97 Å². The molecule has 0 aliphatic rings. The maximum Gasteiger partial charge on any atom is 0.321 e. The van der Waals surface area contributed by atoms with Crippen molar-refractivity contribution in [1.82, 2.24) is 15.3 Å². The molecule has 202 valence electrons. The van der Waals surface area contributed by atoms with Gasteiger partial charge in [0.05, 0.1) is 31.3 Å². The molecule has 3 aromatic rings. The first-order valence-corrected chi connectivity index (χ1v) is 13.8. The zero-order valence-corrected chi connectivity index (χ0v) is 24.2. The minimum absolute atomic E-state index is 0.0240. The summed E-state index contributed by atoms with van der Waals surface area (Å²) in [5.41, 5.74) is 0.778.